The summed E-state index contributed by atoms with van der Waals surface area (Å²) >= 11 is 0. The number of aromatic nitrogens is 1. The molecule has 3 heteroatoms. The Labute approximate surface area is 59.0 Å². The monoisotopic (exact) mass is 139 g/mol. The number of aliphatic hydroxyl groups is 2. The summed E-state index contributed by atoms with van der Waals surface area (Å²) in [4.78, 5) is 3.87. The van der Waals surface area contributed by atoms with Crippen molar-refractivity contribution >= 4 is 0 Å². The summed E-state index contributed by atoms with van der Waals surface area (Å²) in [5, 5.41) is 17.3. The van der Waals surface area contributed by atoms with Crippen LogP contribution in [0.15, 0.2) is 18.2 Å². The van der Waals surface area contributed by atoms with Crippen LogP contribution in [0, 0.1) is 6.92 Å². The van der Waals surface area contributed by atoms with Gasteiger partial charge in [0.15, 0.2) is 6.29 Å². The van der Waals surface area contributed by atoms with E-state index in [9.17, 15) is 0 Å². The van der Waals surface area contributed by atoms with Crippen LogP contribution in [-0.2, 0) is 0 Å². The predicted octanol–water partition coefficient (Wildman–Crippen LogP) is 0.373. The van der Waals surface area contributed by atoms with Gasteiger partial charge in [-0.15, -0.1) is 0 Å². The van der Waals surface area contributed by atoms with Crippen molar-refractivity contribution in [3.05, 3.63) is 29.6 Å². The molecule has 2 N–H and O–H groups in total. The largest absolute Gasteiger partial charge is 0.363 e. The first-order valence-corrected chi connectivity index (χ1v) is 3.00. The lowest BCUT2D eigenvalue weighted by molar-refractivity contribution is -0.0459. The highest BCUT2D eigenvalue weighted by molar-refractivity contribution is 5.10. The molecule has 1 aromatic rings. The van der Waals surface area contributed by atoms with Crippen LogP contribution in [0.5, 0.6) is 0 Å². The van der Waals surface area contributed by atoms with Crippen LogP contribution in [0.25, 0.3) is 0 Å². The molecule has 3 nitrogen and oxygen atoms in total. The van der Waals surface area contributed by atoms with E-state index < -0.39 is 6.29 Å². The van der Waals surface area contributed by atoms with Gasteiger partial charge in [0.1, 0.15) is 0 Å². The molecule has 0 spiro atoms. The van der Waals surface area contributed by atoms with Gasteiger partial charge in [0.25, 0.3) is 0 Å². The molecule has 0 aliphatic rings. The standard InChI is InChI=1S/C7H9NO2/c1-5-3-2-4-6(8-5)7(9)10/h2-4,7,9-10H,1H3. The summed E-state index contributed by atoms with van der Waals surface area (Å²) in [7, 11) is 0. The molecule has 1 heterocycles. The van der Waals surface area contributed by atoms with E-state index in [-0.39, 0.29) is 0 Å². The molecule has 0 saturated carbocycles. The number of hydrogen-bond acceptors (Lipinski definition) is 3. The highest BCUT2D eigenvalue weighted by Crippen LogP contribution is 2.05. The predicted molar refractivity (Wildman–Crippen MR) is 36.2 cm³/mol. The number of hydrogen-bond donors (Lipinski definition) is 2. The molecule has 0 aliphatic carbocycles. The van der Waals surface area contributed by atoms with Gasteiger partial charge in [-0.3, -0.25) is 4.98 Å². The molecule has 0 amide bonds. The zero-order chi connectivity index (χ0) is 7.56. The molecule has 0 radical (unpaired) electrons. The lowest BCUT2D eigenvalue weighted by Crippen LogP contribution is -1.98. The van der Waals surface area contributed by atoms with Crippen LogP contribution in [0.4, 0.5) is 0 Å². The Kier molecular flexibility index (Phi) is 1.99. The third-order valence-electron chi connectivity index (χ3n) is 1.17. The minimum absolute atomic E-state index is 0.292. The molecule has 1 aromatic heterocycles. The average molecular weight is 139 g/mol. The van der Waals surface area contributed by atoms with Crippen molar-refractivity contribution in [3.8, 4) is 0 Å². The molecule has 1 rings (SSSR count). The molecule has 0 atom stereocenters. The van der Waals surface area contributed by atoms with Crippen LogP contribution in [0.3, 0.4) is 0 Å². The fourth-order valence-corrected chi connectivity index (χ4v) is 0.708. The third-order valence-corrected chi connectivity index (χ3v) is 1.17. The van der Waals surface area contributed by atoms with Gasteiger partial charge < -0.3 is 10.2 Å². The second kappa shape index (κ2) is 2.77. The lowest BCUT2D eigenvalue weighted by atomic mass is 10.3. The molecule has 0 saturated heterocycles. The van der Waals surface area contributed by atoms with E-state index in [1.165, 1.54) is 0 Å². The quantitative estimate of drug-likeness (QED) is 0.553. The Morgan fingerprint density at radius 3 is 2.50 bits per heavy atom. The van der Waals surface area contributed by atoms with Crippen LogP contribution >= 0.6 is 0 Å². The Morgan fingerprint density at radius 2 is 2.10 bits per heavy atom. The molecule has 10 heavy (non-hydrogen) atoms. The molecular weight excluding hydrogens is 130 g/mol. The number of nitrogens with zero attached hydrogens (tertiary/aromatic N) is 1. The summed E-state index contributed by atoms with van der Waals surface area (Å²) in [5.74, 6) is 0. The van der Waals surface area contributed by atoms with Crippen molar-refractivity contribution in [2.45, 2.75) is 13.2 Å². The topological polar surface area (TPSA) is 53.4 Å². The molecular formula is C7H9NO2. The van der Waals surface area contributed by atoms with Crippen LogP contribution < -0.4 is 0 Å². The first-order chi connectivity index (χ1) is 4.70. The van der Waals surface area contributed by atoms with Gasteiger partial charge in [-0.1, -0.05) is 6.07 Å². The van der Waals surface area contributed by atoms with Gasteiger partial charge in [-0.05, 0) is 19.1 Å². The summed E-state index contributed by atoms with van der Waals surface area (Å²) in [6, 6.07) is 5.10. The van der Waals surface area contributed by atoms with Crippen molar-refractivity contribution in [1.82, 2.24) is 4.98 Å². The third kappa shape index (κ3) is 1.52. The first kappa shape index (κ1) is 7.18. The van der Waals surface area contributed by atoms with E-state index in [0.29, 0.717) is 5.69 Å². The Balaban J connectivity index is 2.96. The van der Waals surface area contributed by atoms with Gasteiger partial charge >= 0.3 is 0 Å². The fraction of sp³-hybridized carbons (Fsp3) is 0.286. The number of pyridine rings is 1. The molecule has 0 aliphatic heterocycles. The second-order valence-electron chi connectivity index (χ2n) is 2.08. The second-order valence-corrected chi connectivity index (χ2v) is 2.08. The van der Waals surface area contributed by atoms with E-state index in [1.54, 1.807) is 25.1 Å². The molecule has 54 valence electrons. The number of aryl methyl sites for hydroxylation is 1. The summed E-state index contributed by atoms with van der Waals surface area (Å²) in [6.45, 7) is 1.80. The van der Waals surface area contributed by atoms with E-state index in [2.05, 4.69) is 4.98 Å². The minimum Gasteiger partial charge on any atom is -0.363 e. The van der Waals surface area contributed by atoms with Gasteiger partial charge in [-0.25, -0.2) is 0 Å². The van der Waals surface area contributed by atoms with Gasteiger partial charge in [-0.2, -0.15) is 0 Å². The normalized spacial score (nSPS) is 10.4. The van der Waals surface area contributed by atoms with Crippen LogP contribution in [0.1, 0.15) is 17.7 Å². The van der Waals surface area contributed by atoms with Crippen molar-refractivity contribution in [3.63, 3.8) is 0 Å². The zero-order valence-electron chi connectivity index (χ0n) is 5.65. The maximum Gasteiger partial charge on any atom is 0.196 e. The van der Waals surface area contributed by atoms with Crippen molar-refractivity contribution in [1.29, 1.82) is 0 Å². The highest BCUT2D eigenvalue weighted by Gasteiger charge is 2.01. The van der Waals surface area contributed by atoms with E-state index in [4.69, 9.17) is 10.2 Å². The molecule has 0 fully saturated rings. The Bertz CT molecular complexity index is 223. The van der Waals surface area contributed by atoms with E-state index in [1.807, 2.05) is 0 Å². The van der Waals surface area contributed by atoms with Gasteiger partial charge in [0.05, 0.1) is 5.69 Å². The van der Waals surface area contributed by atoms with E-state index >= 15 is 0 Å². The first-order valence-electron chi connectivity index (χ1n) is 3.00. The molecule has 0 aromatic carbocycles. The maximum absolute atomic E-state index is 8.64. The van der Waals surface area contributed by atoms with Crippen LogP contribution in [-0.4, -0.2) is 15.2 Å². The highest BCUT2D eigenvalue weighted by atomic mass is 16.5. The maximum atomic E-state index is 8.64. The van der Waals surface area contributed by atoms with Crippen molar-refractivity contribution < 1.29 is 10.2 Å². The van der Waals surface area contributed by atoms with E-state index in [0.717, 1.165) is 5.69 Å². The Hall–Kier alpha value is -0.930. The lowest BCUT2D eigenvalue weighted by Gasteiger charge is -2.01. The van der Waals surface area contributed by atoms with Crippen molar-refractivity contribution in [2.24, 2.45) is 0 Å². The number of rotatable bonds is 1. The average Bonchev–Trinajstić information content (AvgIpc) is 1.88. The van der Waals surface area contributed by atoms with Crippen molar-refractivity contribution in [2.75, 3.05) is 0 Å². The zero-order valence-corrected chi connectivity index (χ0v) is 5.65. The minimum atomic E-state index is -1.46. The smallest absolute Gasteiger partial charge is 0.196 e. The van der Waals surface area contributed by atoms with Gasteiger partial charge in [0, 0.05) is 5.69 Å². The summed E-state index contributed by atoms with van der Waals surface area (Å²) in [6.07, 6.45) is -1.46. The molecule has 0 unspecified atom stereocenters. The molecule has 0 bridgehead atoms. The van der Waals surface area contributed by atoms with Crippen LogP contribution in [0.2, 0.25) is 0 Å². The summed E-state index contributed by atoms with van der Waals surface area (Å²) in [5.41, 5.74) is 1.07. The fourth-order valence-electron chi connectivity index (χ4n) is 0.708. The summed E-state index contributed by atoms with van der Waals surface area (Å²) < 4.78 is 0. The van der Waals surface area contributed by atoms with Gasteiger partial charge in [0.2, 0.25) is 0 Å². The Morgan fingerprint density at radius 1 is 1.40 bits per heavy atom. The SMILES string of the molecule is Cc1cccc(C(O)O)n1. The number of aliphatic hydroxyl groups excluding tert-OH is 1.